The molecular formula is C38H65O8P. The van der Waals surface area contributed by atoms with E-state index in [9.17, 15) is 4.57 Å². The number of phosphoric ester groups is 1. The molecule has 0 saturated carbocycles. The molecule has 0 fully saturated rings. The summed E-state index contributed by atoms with van der Waals surface area (Å²) in [5, 5.41) is 1.83. The Labute approximate surface area is 286 Å². The third kappa shape index (κ3) is 22.0. The average molecular weight is 681 g/mol. The summed E-state index contributed by atoms with van der Waals surface area (Å²) in [7, 11) is -3.98. The van der Waals surface area contributed by atoms with E-state index in [0.717, 1.165) is 30.0 Å². The number of unbranched alkanes of at least 4 members (excludes halogenated alkanes) is 17. The van der Waals surface area contributed by atoms with Crippen molar-refractivity contribution in [1.29, 1.82) is 0 Å². The molecule has 2 rings (SSSR count). The Hall–Kier alpha value is -1.51. The highest BCUT2D eigenvalue weighted by Gasteiger charge is 2.29. The SMILES string of the molecule is CCCCCCCCCCCCCCCCCCCCOP(=O)(OCCOCCOCCOCC)OOc1cccc2ccccc12. The maximum Gasteiger partial charge on any atom is 0.511 e. The topological polar surface area (TPSA) is 81.7 Å². The molecule has 0 radical (unpaired) electrons. The summed E-state index contributed by atoms with van der Waals surface area (Å²) in [6.07, 6.45) is 23.5. The van der Waals surface area contributed by atoms with Gasteiger partial charge in [-0.3, -0.25) is 9.05 Å². The first kappa shape index (κ1) is 41.7. The number of benzene rings is 2. The van der Waals surface area contributed by atoms with E-state index in [1.807, 2.05) is 43.3 Å². The number of hydrogen-bond donors (Lipinski definition) is 0. The average Bonchev–Trinajstić information content (AvgIpc) is 3.09. The summed E-state index contributed by atoms with van der Waals surface area (Å²) in [6, 6.07) is 13.4. The van der Waals surface area contributed by atoms with Gasteiger partial charge in [-0.2, -0.15) is 0 Å². The molecule has 0 amide bonds. The molecule has 2 aromatic rings. The molecule has 0 aliphatic heterocycles. The van der Waals surface area contributed by atoms with E-state index in [4.69, 9.17) is 32.8 Å². The zero-order valence-corrected chi connectivity index (χ0v) is 30.5. The molecule has 0 spiro atoms. The van der Waals surface area contributed by atoms with E-state index in [1.165, 1.54) is 96.3 Å². The van der Waals surface area contributed by atoms with Crippen LogP contribution in [0.5, 0.6) is 5.75 Å². The van der Waals surface area contributed by atoms with Gasteiger partial charge in [-0.15, -0.1) is 0 Å². The van der Waals surface area contributed by atoms with Gasteiger partial charge in [0.2, 0.25) is 0 Å². The van der Waals surface area contributed by atoms with Crippen LogP contribution in [0.15, 0.2) is 42.5 Å². The maximum atomic E-state index is 13.5. The van der Waals surface area contributed by atoms with E-state index in [-0.39, 0.29) is 19.8 Å². The molecule has 0 aromatic heterocycles. The van der Waals surface area contributed by atoms with Gasteiger partial charge < -0.3 is 19.1 Å². The zero-order valence-electron chi connectivity index (χ0n) is 29.6. The zero-order chi connectivity index (χ0) is 33.5. The highest BCUT2D eigenvalue weighted by molar-refractivity contribution is 7.48. The van der Waals surface area contributed by atoms with Crippen molar-refractivity contribution in [2.75, 3.05) is 52.9 Å². The quantitative estimate of drug-likeness (QED) is 0.0313. The number of phosphoric acid groups is 1. The summed E-state index contributed by atoms with van der Waals surface area (Å²) < 4.78 is 46.3. The minimum Gasteiger partial charge on any atom is -0.379 e. The van der Waals surface area contributed by atoms with Crippen LogP contribution in [0.3, 0.4) is 0 Å². The summed E-state index contributed by atoms with van der Waals surface area (Å²) >= 11 is 0. The number of fused-ring (bicyclic) bond motifs is 1. The van der Waals surface area contributed by atoms with Crippen LogP contribution >= 0.6 is 7.82 Å². The Bertz CT molecular complexity index is 1030. The van der Waals surface area contributed by atoms with Crippen molar-refractivity contribution >= 4 is 18.6 Å². The van der Waals surface area contributed by atoms with Crippen LogP contribution < -0.4 is 4.89 Å². The smallest absolute Gasteiger partial charge is 0.379 e. The molecule has 2 aromatic carbocycles. The van der Waals surface area contributed by atoms with Gasteiger partial charge in [0.1, 0.15) is 0 Å². The summed E-state index contributed by atoms with van der Waals surface area (Å²) in [5.41, 5.74) is 0. The fourth-order valence-corrected chi connectivity index (χ4v) is 6.39. The monoisotopic (exact) mass is 680 g/mol. The van der Waals surface area contributed by atoms with Crippen LogP contribution in [-0.4, -0.2) is 52.9 Å². The molecule has 0 N–H and O–H groups in total. The normalized spacial score (nSPS) is 12.9. The molecule has 270 valence electrons. The van der Waals surface area contributed by atoms with Crippen LogP contribution in [0.4, 0.5) is 0 Å². The molecule has 9 heteroatoms. The third-order valence-corrected chi connectivity index (χ3v) is 9.40. The van der Waals surface area contributed by atoms with Crippen molar-refractivity contribution in [3.63, 3.8) is 0 Å². The first-order chi connectivity index (χ1) is 23.2. The largest absolute Gasteiger partial charge is 0.511 e. The van der Waals surface area contributed by atoms with Crippen LogP contribution in [0.25, 0.3) is 10.8 Å². The van der Waals surface area contributed by atoms with Gasteiger partial charge in [0.25, 0.3) is 0 Å². The number of ether oxygens (including phenoxy) is 3. The Morgan fingerprint density at radius 2 is 0.957 bits per heavy atom. The molecule has 1 atom stereocenters. The predicted octanol–water partition coefficient (Wildman–Crippen LogP) is 11.4. The van der Waals surface area contributed by atoms with Crippen molar-refractivity contribution < 1.29 is 37.4 Å². The van der Waals surface area contributed by atoms with Gasteiger partial charge in [0.15, 0.2) is 5.75 Å². The van der Waals surface area contributed by atoms with Crippen LogP contribution in [-0.2, 0) is 32.5 Å². The minimum atomic E-state index is -3.98. The van der Waals surface area contributed by atoms with E-state index in [1.54, 1.807) is 6.07 Å². The van der Waals surface area contributed by atoms with E-state index < -0.39 is 7.82 Å². The second kappa shape index (κ2) is 29.4. The second-order valence-corrected chi connectivity index (χ2v) is 13.7. The lowest BCUT2D eigenvalue weighted by Gasteiger charge is -2.17. The summed E-state index contributed by atoms with van der Waals surface area (Å²) in [6.45, 7) is 7.35. The Morgan fingerprint density at radius 3 is 1.53 bits per heavy atom. The van der Waals surface area contributed by atoms with Crippen molar-refractivity contribution in [2.45, 2.75) is 129 Å². The van der Waals surface area contributed by atoms with Gasteiger partial charge in [-0.25, -0.2) is 4.57 Å². The lowest BCUT2D eigenvalue weighted by molar-refractivity contribution is -0.132. The fourth-order valence-electron chi connectivity index (χ4n) is 5.41. The van der Waals surface area contributed by atoms with E-state index in [2.05, 4.69) is 6.92 Å². The standard InChI is InChI=1S/C38H65O8P/c1-3-5-6-7-8-9-10-11-12-13-14-15-16-17-18-19-20-23-29-43-47(39,44-35-34-42-33-32-41-31-30-40-4-2)46-45-38-28-24-26-36-25-21-22-27-37(36)38/h21-22,24-28H,3-20,23,29-35H2,1-2H3. The van der Waals surface area contributed by atoms with Crippen molar-refractivity contribution in [1.82, 2.24) is 0 Å². The number of rotatable bonds is 34. The fraction of sp³-hybridized carbons (Fsp3) is 0.737. The first-order valence-electron chi connectivity index (χ1n) is 18.6. The second-order valence-electron chi connectivity index (χ2n) is 12.2. The van der Waals surface area contributed by atoms with Gasteiger partial charge in [-0.05, 0) is 24.8 Å². The molecule has 47 heavy (non-hydrogen) atoms. The predicted molar refractivity (Wildman–Crippen MR) is 192 cm³/mol. The van der Waals surface area contributed by atoms with E-state index in [0.29, 0.717) is 38.8 Å². The van der Waals surface area contributed by atoms with Gasteiger partial charge in [0, 0.05) is 12.0 Å². The molecule has 0 aliphatic rings. The van der Waals surface area contributed by atoms with Crippen LogP contribution in [0, 0.1) is 0 Å². The van der Waals surface area contributed by atoms with Gasteiger partial charge in [0.05, 0.1) is 46.2 Å². The van der Waals surface area contributed by atoms with E-state index >= 15 is 0 Å². The molecule has 8 nitrogen and oxygen atoms in total. The third-order valence-electron chi connectivity index (χ3n) is 8.14. The highest BCUT2D eigenvalue weighted by atomic mass is 31.2. The Morgan fingerprint density at radius 1 is 0.489 bits per heavy atom. The Balaban J connectivity index is 1.57. The Kier molecular flexibility index (Phi) is 26.1. The molecule has 0 bridgehead atoms. The summed E-state index contributed by atoms with van der Waals surface area (Å²) in [4.78, 5) is 5.53. The van der Waals surface area contributed by atoms with Crippen molar-refractivity contribution in [3.8, 4) is 5.75 Å². The molecule has 1 unspecified atom stereocenters. The molecule has 0 aliphatic carbocycles. The maximum absolute atomic E-state index is 13.5. The highest BCUT2D eigenvalue weighted by Crippen LogP contribution is 2.50. The lowest BCUT2D eigenvalue weighted by Crippen LogP contribution is -2.12. The van der Waals surface area contributed by atoms with Gasteiger partial charge in [-0.1, -0.05) is 157 Å². The van der Waals surface area contributed by atoms with Crippen LogP contribution in [0.1, 0.15) is 129 Å². The van der Waals surface area contributed by atoms with Crippen molar-refractivity contribution in [3.05, 3.63) is 42.5 Å². The van der Waals surface area contributed by atoms with Crippen LogP contribution in [0.2, 0.25) is 0 Å². The number of hydrogen-bond acceptors (Lipinski definition) is 8. The molecular weight excluding hydrogens is 615 g/mol. The lowest BCUT2D eigenvalue weighted by atomic mass is 10.0. The summed E-state index contributed by atoms with van der Waals surface area (Å²) in [5.74, 6) is 0.448. The minimum absolute atomic E-state index is 0.0360. The van der Waals surface area contributed by atoms with Crippen molar-refractivity contribution in [2.24, 2.45) is 0 Å². The molecule has 0 heterocycles. The first-order valence-corrected chi connectivity index (χ1v) is 20.1. The molecule has 0 saturated heterocycles. The van der Waals surface area contributed by atoms with Gasteiger partial charge >= 0.3 is 7.82 Å².